The normalized spacial score (nSPS) is 15.3. The van der Waals surface area contributed by atoms with Crippen LogP contribution in [0.5, 0.6) is 0 Å². The number of nitrogens with zero attached hydrogens (tertiary/aromatic N) is 3. The van der Waals surface area contributed by atoms with Gasteiger partial charge in [-0.05, 0) is 30.0 Å². The van der Waals surface area contributed by atoms with E-state index in [0.717, 1.165) is 49.7 Å². The predicted octanol–water partition coefficient (Wildman–Crippen LogP) is 3.07. The van der Waals surface area contributed by atoms with E-state index >= 15 is 0 Å². The second-order valence-corrected chi connectivity index (χ2v) is 6.85. The van der Waals surface area contributed by atoms with Crippen LogP contribution in [0.3, 0.4) is 0 Å². The fraction of sp³-hybridized carbons (Fsp3) is 0.368. The molecular weight excluding hydrogens is 364 g/mol. The monoisotopic (exact) mass is 386 g/mol. The zero-order chi connectivity index (χ0) is 20.1. The largest absolute Gasteiger partial charge is 0.393 e. The number of nitro benzene ring substituents is 2. The summed E-state index contributed by atoms with van der Waals surface area (Å²) in [6.07, 6.45) is 1.29. The maximum Gasteiger partial charge on any atom is 0.299 e. The molecule has 0 spiro atoms. The molecule has 9 nitrogen and oxygen atoms in total. The van der Waals surface area contributed by atoms with Crippen molar-refractivity contribution in [3.8, 4) is 0 Å². The third-order valence-corrected chi connectivity index (χ3v) is 4.93. The van der Waals surface area contributed by atoms with Gasteiger partial charge in [0.05, 0.1) is 22.0 Å². The Hall–Kier alpha value is -3.04. The summed E-state index contributed by atoms with van der Waals surface area (Å²) >= 11 is 0. The SMILES string of the molecule is O=[N+]([O-])c1ccc(NCc2ccccc2CN2CCC(O)CC2)c([N+](=O)[O-])c1. The van der Waals surface area contributed by atoms with Crippen molar-refractivity contribution in [1.29, 1.82) is 0 Å². The number of non-ortho nitro benzene ring substituents is 1. The standard InChI is InChI=1S/C19H22N4O5/c24-17-7-9-21(10-8-17)13-15-4-2-1-3-14(15)12-20-18-6-5-16(22(25)26)11-19(18)23(27)28/h1-6,11,17,20,24H,7-10,12-13H2. The molecule has 0 saturated carbocycles. The van der Waals surface area contributed by atoms with Crippen molar-refractivity contribution in [3.05, 3.63) is 73.8 Å². The van der Waals surface area contributed by atoms with Crippen molar-refractivity contribution >= 4 is 17.1 Å². The Morgan fingerprint density at radius 2 is 1.71 bits per heavy atom. The average Bonchev–Trinajstić information content (AvgIpc) is 2.68. The fourth-order valence-corrected chi connectivity index (χ4v) is 3.33. The van der Waals surface area contributed by atoms with E-state index in [1.807, 2.05) is 24.3 Å². The molecule has 1 saturated heterocycles. The molecule has 0 aliphatic carbocycles. The number of hydrogen-bond donors (Lipinski definition) is 2. The number of anilines is 1. The number of likely N-dealkylation sites (tertiary alicyclic amines) is 1. The van der Waals surface area contributed by atoms with Crippen LogP contribution in [-0.4, -0.2) is 39.0 Å². The van der Waals surface area contributed by atoms with E-state index in [-0.39, 0.29) is 23.2 Å². The van der Waals surface area contributed by atoms with Crippen molar-refractivity contribution in [2.45, 2.75) is 32.0 Å². The summed E-state index contributed by atoms with van der Waals surface area (Å²) in [5, 5.41) is 34.8. The van der Waals surface area contributed by atoms with E-state index in [1.165, 1.54) is 12.1 Å². The first kappa shape index (κ1) is 19.7. The molecule has 1 aliphatic heterocycles. The van der Waals surface area contributed by atoms with Gasteiger partial charge >= 0.3 is 0 Å². The van der Waals surface area contributed by atoms with Crippen molar-refractivity contribution in [1.82, 2.24) is 4.90 Å². The fourth-order valence-electron chi connectivity index (χ4n) is 3.33. The van der Waals surface area contributed by atoms with Gasteiger partial charge in [-0.15, -0.1) is 0 Å². The average molecular weight is 386 g/mol. The van der Waals surface area contributed by atoms with Crippen LogP contribution in [0.4, 0.5) is 17.1 Å². The number of piperidine rings is 1. The number of benzene rings is 2. The van der Waals surface area contributed by atoms with Gasteiger partial charge in [-0.1, -0.05) is 24.3 Å². The minimum absolute atomic E-state index is 0.226. The van der Waals surface area contributed by atoms with E-state index in [9.17, 15) is 25.3 Å². The molecule has 148 valence electrons. The minimum Gasteiger partial charge on any atom is -0.393 e. The van der Waals surface area contributed by atoms with E-state index < -0.39 is 9.85 Å². The van der Waals surface area contributed by atoms with Gasteiger partial charge in [0.25, 0.3) is 11.4 Å². The molecule has 0 unspecified atom stereocenters. The molecule has 1 aliphatic rings. The molecule has 2 N–H and O–H groups in total. The number of hydrogen-bond acceptors (Lipinski definition) is 7. The first-order valence-electron chi connectivity index (χ1n) is 9.08. The lowest BCUT2D eigenvalue weighted by molar-refractivity contribution is -0.393. The number of aliphatic hydroxyl groups is 1. The molecule has 1 fully saturated rings. The minimum atomic E-state index is -0.651. The third-order valence-electron chi connectivity index (χ3n) is 4.93. The summed E-state index contributed by atoms with van der Waals surface area (Å²) in [5.74, 6) is 0. The molecule has 2 aromatic carbocycles. The second kappa shape index (κ2) is 8.77. The van der Waals surface area contributed by atoms with Gasteiger partial charge in [-0.25, -0.2) is 0 Å². The van der Waals surface area contributed by atoms with E-state index in [1.54, 1.807) is 0 Å². The summed E-state index contributed by atoms with van der Waals surface area (Å²) in [7, 11) is 0. The van der Waals surface area contributed by atoms with Crippen LogP contribution < -0.4 is 5.32 Å². The molecule has 0 atom stereocenters. The molecule has 0 radical (unpaired) electrons. The molecule has 3 rings (SSSR count). The molecule has 2 aromatic rings. The van der Waals surface area contributed by atoms with Gasteiger partial charge in [0.15, 0.2) is 0 Å². The maximum atomic E-state index is 11.3. The van der Waals surface area contributed by atoms with Crippen LogP contribution in [0.2, 0.25) is 0 Å². The van der Waals surface area contributed by atoms with Crippen molar-refractivity contribution in [3.63, 3.8) is 0 Å². The first-order chi connectivity index (χ1) is 13.4. The van der Waals surface area contributed by atoms with Crippen molar-refractivity contribution in [2.24, 2.45) is 0 Å². The van der Waals surface area contributed by atoms with E-state index in [4.69, 9.17) is 0 Å². The molecule has 1 heterocycles. The van der Waals surface area contributed by atoms with Gasteiger partial charge in [-0.2, -0.15) is 0 Å². The summed E-state index contributed by atoms with van der Waals surface area (Å²) in [4.78, 5) is 23.1. The Morgan fingerprint density at radius 1 is 1.04 bits per heavy atom. The Bertz CT molecular complexity index is 865. The van der Waals surface area contributed by atoms with Crippen LogP contribution >= 0.6 is 0 Å². The zero-order valence-electron chi connectivity index (χ0n) is 15.3. The zero-order valence-corrected chi connectivity index (χ0v) is 15.3. The van der Waals surface area contributed by atoms with Crippen molar-refractivity contribution < 1.29 is 15.0 Å². The summed E-state index contributed by atoms with van der Waals surface area (Å²) < 4.78 is 0. The Labute approximate surface area is 161 Å². The van der Waals surface area contributed by atoms with Crippen LogP contribution in [0.15, 0.2) is 42.5 Å². The molecule has 0 amide bonds. The van der Waals surface area contributed by atoms with Gasteiger partial charge in [0.1, 0.15) is 5.69 Å². The summed E-state index contributed by atoms with van der Waals surface area (Å²) in [6, 6.07) is 11.4. The predicted molar refractivity (Wildman–Crippen MR) is 104 cm³/mol. The topological polar surface area (TPSA) is 122 Å². The highest BCUT2D eigenvalue weighted by molar-refractivity contribution is 5.65. The highest BCUT2D eigenvalue weighted by Crippen LogP contribution is 2.29. The number of nitrogens with one attached hydrogen (secondary N) is 1. The van der Waals surface area contributed by atoms with Gasteiger partial charge in [0, 0.05) is 32.2 Å². The maximum absolute atomic E-state index is 11.3. The second-order valence-electron chi connectivity index (χ2n) is 6.85. The van der Waals surface area contributed by atoms with E-state index in [2.05, 4.69) is 10.2 Å². The highest BCUT2D eigenvalue weighted by Gasteiger charge is 2.20. The molecule has 0 bridgehead atoms. The number of aliphatic hydroxyl groups excluding tert-OH is 1. The molecule has 0 aromatic heterocycles. The first-order valence-corrected chi connectivity index (χ1v) is 9.08. The molecule has 28 heavy (non-hydrogen) atoms. The van der Waals surface area contributed by atoms with Crippen LogP contribution in [0.25, 0.3) is 0 Å². The van der Waals surface area contributed by atoms with Crippen LogP contribution in [-0.2, 0) is 13.1 Å². The lowest BCUT2D eigenvalue weighted by Gasteiger charge is -2.30. The highest BCUT2D eigenvalue weighted by atomic mass is 16.6. The quantitative estimate of drug-likeness (QED) is 0.554. The van der Waals surface area contributed by atoms with Crippen LogP contribution in [0.1, 0.15) is 24.0 Å². The lowest BCUT2D eigenvalue weighted by atomic mass is 10.0. The van der Waals surface area contributed by atoms with Crippen LogP contribution in [0, 0.1) is 20.2 Å². The van der Waals surface area contributed by atoms with Gasteiger partial charge in [0.2, 0.25) is 0 Å². The number of nitro groups is 2. The molecule has 9 heteroatoms. The molecular formula is C19H22N4O5. The van der Waals surface area contributed by atoms with Crippen molar-refractivity contribution in [2.75, 3.05) is 18.4 Å². The summed E-state index contributed by atoms with van der Waals surface area (Å²) in [5.41, 5.74) is 1.71. The smallest absolute Gasteiger partial charge is 0.299 e. The Kier molecular flexibility index (Phi) is 6.17. The van der Waals surface area contributed by atoms with Gasteiger partial charge in [-0.3, -0.25) is 25.1 Å². The van der Waals surface area contributed by atoms with Gasteiger partial charge < -0.3 is 10.4 Å². The Morgan fingerprint density at radius 3 is 2.36 bits per heavy atom. The lowest BCUT2D eigenvalue weighted by Crippen LogP contribution is -2.35. The van der Waals surface area contributed by atoms with E-state index in [0.29, 0.717) is 6.54 Å². The Balaban J connectivity index is 1.73. The number of rotatable bonds is 7. The summed E-state index contributed by atoms with van der Waals surface area (Å²) in [6.45, 7) is 2.77. The third kappa shape index (κ3) is 4.81.